The van der Waals surface area contributed by atoms with E-state index in [0.717, 1.165) is 25.8 Å². The zero-order chi connectivity index (χ0) is 13.4. The molecule has 3 heteroatoms. The van der Waals surface area contributed by atoms with Gasteiger partial charge in [0.2, 0.25) is 0 Å². The summed E-state index contributed by atoms with van der Waals surface area (Å²) in [5.41, 5.74) is 0.633. The molecule has 0 radical (unpaired) electrons. The van der Waals surface area contributed by atoms with Gasteiger partial charge >= 0.3 is 0 Å². The minimum absolute atomic E-state index is 0.0236. The average molecular weight is 268 g/mol. The van der Waals surface area contributed by atoms with Gasteiger partial charge in [0.05, 0.1) is 0 Å². The van der Waals surface area contributed by atoms with E-state index in [0.29, 0.717) is 10.6 Å². The quantitative estimate of drug-likeness (QED) is 0.757. The van der Waals surface area contributed by atoms with Crippen molar-refractivity contribution in [1.82, 2.24) is 5.32 Å². The average Bonchev–Trinajstić information content (AvgIpc) is 2.37. The minimum atomic E-state index is -0.211. The molecule has 1 aromatic carbocycles. The van der Waals surface area contributed by atoms with Crippen LogP contribution in [0.2, 0.25) is 5.02 Å². The Hall–Kier alpha value is -1.04. The maximum Gasteiger partial charge on any atom is 0.128 e. The van der Waals surface area contributed by atoms with E-state index in [9.17, 15) is 4.39 Å². The highest BCUT2D eigenvalue weighted by molar-refractivity contribution is 6.30. The molecule has 0 aliphatic heterocycles. The molecule has 0 saturated heterocycles. The third kappa shape index (κ3) is 4.68. The first-order valence-electron chi connectivity index (χ1n) is 6.27. The van der Waals surface area contributed by atoms with E-state index in [4.69, 9.17) is 11.6 Å². The predicted octanol–water partition coefficient (Wildman–Crippen LogP) is 4.32. The van der Waals surface area contributed by atoms with Crippen LogP contribution in [0.15, 0.2) is 18.2 Å². The van der Waals surface area contributed by atoms with Crippen LogP contribution in [0, 0.1) is 17.7 Å². The van der Waals surface area contributed by atoms with Crippen LogP contribution < -0.4 is 5.32 Å². The summed E-state index contributed by atoms with van der Waals surface area (Å²) in [6.07, 6.45) is 2.56. The van der Waals surface area contributed by atoms with Crippen LogP contribution in [0.4, 0.5) is 4.39 Å². The van der Waals surface area contributed by atoms with Crippen LogP contribution in [0.5, 0.6) is 0 Å². The number of hydrogen-bond acceptors (Lipinski definition) is 1. The van der Waals surface area contributed by atoms with Crippen LogP contribution in [0.25, 0.3) is 0 Å². The molecule has 0 aromatic heterocycles. The van der Waals surface area contributed by atoms with Crippen molar-refractivity contribution in [3.8, 4) is 11.8 Å². The summed E-state index contributed by atoms with van der Waals surface area (Å²) in [7, 11) is 0. The van der Waals surface area contributed by atoms with E-state index in [1.165, 1.54) is 6.07 Å². The highest BCUT2D eigenvalue weighted by Gasteiger charge is 2.14. The van der Waals surface area contributed by atoms with Crippen molar-refractivity contribution in [2.24, 2.45) is 0 Å². The Bertz CT molecular complexity index is 434. The summed E-state index contributed by atoms with van der Waals surface area (Å²) >= 11 is 5.93. The van der Waals surface area contributed by atoms with Crippen LogP contribution >= 0.6 is 11.6 Å². The van der Waals surface area contributed by atoms with Gasteiger partial charge in [-0.25, -0.2) is 4.39 Å². The van der Waals surface area contributed by atoms with Gasteiger partial charge in [0.25, 0.3) is 0 Å². The van der Waals surface area contributed by atoms with Gasteiger partial charge in [0.15, 0.2) is 0 Å². The molecule has 1 rings (SSSR count). The summed E-state index contributed by atoms with van der Waals surface area (Å²) in [6.45, 7) is 4.76. The van der Waals surface area contributed by atoms with Crippen LogP contribution in [0.1, 0.15) is 44.7 Å². The molecule has 0 amide bonds. The smallest absolute Gasteiger partial charge is 0.128 e. The summed E-state index contributed by atoms with van der Waals surface area (Å²) in [6, 6.07) is 4.67. The number of benzene rings is 1. The van der Waals surface area contributed by atoms with E-state index in [1.807, 2.05) is 6.92 Å². The summed E-state index contributed by atoms with van der Waals surface area (Å²) in [5, 5.41) is 3.91. The lowest BCUT2D eigenvalue weighted by molar-refractivity contribution is 0.478. The molecule has 0 bridgehead atoms. The highest BCUT2D eigenvalue weighted by atomic mass is 35.5. The van der Waals surface area contributed by atoms with Crippen molar-refractivity contribution < 1.29 is 4.39 Å². The van der Waals surface area contributed by atoms with Gasteiger partial charge in [0, 0.05) is 23.0 Å². The second-order valence-electron chi connectivity index (χ2n) is 4.14. The zero-order valence-electron chi connectivity index (χ0n) is 10.9. The summed E-state index contributed by atoms with van der Waals surface area (Å²) in [5.74, 6) is 5.66. The van der Waals surface area contributed by atoms with Gasteiger partial charge in [-0.15, -0.1) is 11.8 Å². The molecule has 18 heavy (non-hydrogen) atoms. The molecule has 1 N–H and O–H groups in total. The molecule has 1 unspecified atom stereocenters. The number of rotatable bonds is 6. The summed E-state index contributed by atoms with van der Waals surface area (Å²) in [4.78, 5) is 0. The fourth-order valence-electron chi connectivity index (χ4n) is 1.81. The number of nitrogens with one attached hydrogen (secondary N) is 1. The Labute approximate surface area is 114 Å². The standard InChI is InChI=1S/C15H19ClFN/c1-3-5-6-7-15(18-10-4-2)13-11-12(16)8-9-14(13)17/h8-9,11,15,18H,4,6-7,10H2,1-2H3. The first-order chi connectivity index (χ1) is 8.69. The lowest BCUT2D eigenvalue weighted by Gasteiger charge is -2.19. The molecule has 1 aromatic rings. The molecule has 0 fully saturated rings. The predicted molar refractivity (Wildman–Crippen MR) is 75.1 cm³/mol. The van der Waals surface area contributed by atoms with E-state index >= 15 is 0 Å². The van der Waals surface area contributed by atoms with Crippen molar-refractivity contribution in [3.05, 3.63) is 34.6 Å². The second-order valence-corrected chi connectivity index (χ2v) is 4.57. The Balaban J connectivity index is 2.84. The lowest BCUT2D eigenvalue weighted by atomic mass is 10.0. The summed E-state index contributed by atoms with van der Waals surface area (Å²) < 4.78 is 13.8. The van der Waals surface area contributed by atoms with E-state index in [2.05, 4.69) is 24.1 Å². The Morgan fingerprint density at radius 3 is 2.89 bits per heavy atom. The van der Waals surface area contributed by atoms with E-state index < -0.39 is 0 Å². The van der Waals surface area contributed by atoms with Gasteiger partial charge in [-0.1, -0.05) is 18.5 Å². The molecule has 0 aliphatic carbocycles. The Morgan fingerprint density at radius 2 is 2.22 bits per heavy atom. The van der Waals surface area contributed by atoms with Crippen LogP contribution in [-0.4, -0.2) is 6.54 Å². The minimum Gasteiger partial charge on any atom is -0.310 e. The molecule has 0 aliphatic rings. The Morgan fingerprint density at radius 1 is 1.44 bits per heavy atom. The first kappa shape index (κ1) is 15.0. The maximum atomic E-state index is 13.8. The van der Waals surface area contributed by atoms with E-state index in [-0.39, 0.29) is 11.9 Å². The SMILES string of the molecule is CC#CCCC(NCCC)c1cc(Cl)ccc1F. The first-order valence-corrected chi connectivity index (χ1v) is 6.64. The molecule has 1 atom stereocenters. The monoisotopic (exact) mass is 267 g/mol. The van der Waals surface area contributed by atoms with Gasteiger partial charge in [-0.3, -0.25) is 0 Å². The van der Waals surface area contributed by atoms with Gasteiger partial charge < -0.3 is 5.32 Å². The largest absolute Gasteiger partial charge is 0.310 e. The number of hydrogen-bond donors (Lipinski definition) is 1. The van der Waals surface area contributed by atoms with Gasteiger partial charge in [-0.05, 0) is 44.5 Å². The van der Waals surface area contributed by atoms with Crippen molar-refractivity contribution in [2.45, 2.75) is 39.2 Å². The molecule has 1 nitrogen and oxygen atoms in total. The molecular weight excluding hydrogens is 249 g/mol. The highest BCUT2D eigenvalue weighted by Crippen LogP contribution is 2.24. The molecule has 0 saturated carbocycles. The van der Waals surface area contributed by atoms with Gasteiger partial charge in [0.1, 0.15) is 5.82 Å². The normalized spacial score (nSPS) is 11.8. The lowest BCUT2D eigenvalue weighted by Crippen LogP contribution is -2.23. The number of halogens is 2. The zero-order valence-corrected chi connectivity index (χ0v) is 11.6. The molecule has 98 valence electrons. The fraction of sp³-hybridized carbons (Fsp3) is 0.467. The molecular formula is C15H19ClFN. The third-order valence-corrected chi connectivity index (χ3v) is 2.94. The van der Waals surface area contributed by atoms with Crippen LogP contribution in [0.3, 0.4) is 0 Å². The second kappa shape index (κ2) is 8.13. The topological polar surface area (TPSA) is 12.0 Å². The van der Waals surface area contributed by atoms with Crippen molar-refractivity contribution in [2.75, 3.05) is 6.54 Å². The molecule has 0 spiro atoms. The third-order valence-electron chi connectivity index (χ3n) is 2.71. The van der Waals surface area contributed by atoms with Crippen molar-refractivity contribution in [3.63, 3.8) is 0 Å². The van der Waals surface area contributed by atoms with Crippen molar-refractivity contribution >= 4 is 11.6 Å². The fourth-order valence-corrected chi connectivity index (χ4v) is 1.99. The Kier molecular flexibility index (Phi) is 6.78. The van der Waals surface area contributed by atoms with Gasteiger partial charge in [-0.2, -0.15) is 0 Å². The maximum absolute atomic E-state index is 13.8. The van der Waals surface area contributed by atoms with Crippen LogP contribution in [-0.2, 0) is 0 Å². The van der Waals surface area contributed by atoms with E-state index in [1.54, 1.807) is 12.1 Å². The van der Waals surface area contributed by atoms with Crippen molar-refractivity contribution in [1.29, 1.82) is 0 Å². The molecule has 0 heterocycles.